The Kier molecular flexibility index (Phi) is 5.07. The number of halogens is 1. The van der Waals surface area contributed by atoms with Gasteiger partial charge in [-0.3, -0.25) is 13.8 Å². The van der Waals surface area contributed by atoms with Gasteiger partial charge in [-0.2, -0.15) is 5.10 Å². The second-order valence-electron chi connectivity index (χ2n) is 5.61. The summed E-state index contributed by atoms with van der Waals surface area (Å²) >= 11 is 0. The highest BCUT2D eigenvalue weighted by Crippen LogP contribution is 2.24. The molecule has 23 heavy (non-hydrogen) atoms. The first-order valence-electron chi connectivity index (χ1n) is 7.58. The molecule has 0 spiro atoms. The smallest absolute Gasteiger partial charge is 0.123 e. The van der Waals surface area contributed by atoms with Crippen molar-refractivity contribution in [1.29, 1.82) is 0 Å². The lowest BCUT2D eigenvalue weighted by Crippen LogP contribution is -2.42. The molecule has 1 saturated heterocycles. The Balaban J connectivity index is 1.60. The predicted molar refractivity (Wildman–Crippen MR) is 87.3 cm³/mol. The fraction of sp³-hybridized carbons (Fsp3) is 0.438. The third-order valence-electron chi connectivity index (χ3n) is 3.96. The van der Waals surface area contributed by atoms with Gasteiger partial charge in [0.25, 0.3) is 0 Å². The van der Waals surface area contributed by atoms with Crippen LogP contribution in [0.3, 0.4) is 0 Å². The molecule has 1 aromatic heterocycles. The van der Waals surface area contributed by atoms with Crippen molar-refractivity contribution in [3.8, 4) is 5.75 Å². The predicted octanol–water partition coefficient (Wildman–Crippen LogP) is 1.74. The van der Waals surface area contributed by atoms with Gasteiger partial charge in [-0.1, -0.05) is 0 Å². The average molecular weight is 337 g/mol. The van der Waals surface area contributed by atoms with Gasteiger partial charge < -0.3 is 4.74 Å². The number of hydrogen-bond acceptors (Lipinski definition) is 4. The molecule has 0 N–H and O–H groups in total. The van der Waals surface area contributed by atoms with E-state index < -0.39 is 10.8 Å². The maximum atomic E-state index is 12.9. The van der Waals surface area contributed by atoms with Crippen molar-refractivity contribution in [3.05, 3.63) is 48.0 Å². The van der Waals surface area contributed by atoms with Gasteiger partial charge >= 0.3 is 0 Å². The lowest BCUT2D eigenvalue weighted by atomic mass is 10.1. The topological polar surface area (TPSA) is 47.4 Å². The van der Waals surface area contributed by atoms with E-state index >= 15 is 0 Å². The van der Waals surface area contributed by atoms with Gasteiger partial charge in [0.1, 0.15) is 18.2 Å². The molecule has 0 bridgehead atoms. The molecule has 0 saturated carbocycles. The summed E-state index contributed by atoms with van der Waals surface area (Å²) in [6.07, 6.45) is 3.81. The van der Waals surface area contributed by atoms with Crippen LogP contribution in [-0.4, -0.2) is 50.1 Å². The van der Waals surface area contributed by atoms with Gasteiger partial charge in [-0.05, 0) is 24.3 Å². The van der Waals surface area contributed by atoms with Crippen molar-refractivity contribution in [2.24, 2.45) is 7.05 Å². The largest absolute Gasteiger partial charge is 0.492 e. The number of aryl methyl sites for hydroxylation is 1. The molecule has 0 radical (unpaired) electrons. The molecule has 5 nitrogen and oxygen atoms in total. The Morgan fingerprint density at radius 2 is 2.17 bits per heavy atom. The highest BCUT2D eigenvalue weighted by molar-refractivity contribution is 7.85. The van der Waals surface area contributed by atoms with E-state index in [1.807, 2.05) is 19.4 Å². The average Bonchev–Trinajstić information content (AvgIpc) is 2.97. The molecule has 2 heterocycles. The van der Waals surface area contributed by atoms with Crippen LogP contribution in [0.1, 0.15) is 11.6 Å². The molecule has 7 heteroatoms. The Bertz CT molecular complexity index is 674. The second-order valence-corrected chi connectivity index (χ2v) is 7.23. The lowest BCUT2D eigenvalue weighted by Gasteiger charge is -2.34. The summed E-state index contributed by atoms with van der Waals surface area (Å²) in [5.41, 5.74) is 1.09. The quantitative estimate of drug-likeness (QED) is 0.834. The first-order chi connectivity index (χ1) is 11.1. The van der Waals surface area contributed by atoms with Crippen LogP contribution in [0.4, 0.5) is 4.39 Å². The van der Waals surface area contributed by atoms with Gasteiger partial charge in [-0.25, -0.2) is 4.39 Å². The number of ether oxygens (including phenoxy) is 1. The van der Waals surface area contributed by atoms with Crippen LogP contribution >= 0.6 is 0 Å². The summed E-state index contributed by atoms with van der Waals surface area (Å²) in [5, 5.41) is 4.21. The van der Waals surface area contributed by atoms with Crippen LogP contribution in [0.25, 0.3) is 0 Å². The number of rotatable bonds is 5. The van der Waals surface area contributed by atoms with Gasteiger partial charge in [-0.15, -0.1) is 0 Å². The number of aromatic nitrogens is 2. The molecule has 2 aromatic rings. The molecular formula is C16H20FN3O2S. The Morgan fingerprint density at radius 3 is 2.87 bits per heavy atom. The van der Waals surface area contributed by atoms with Crippen molar-refractivity contribution in [3.63, 3.8) is 0 Å². The molecule has 1 fully saturated rings. The van der Waals surface area contributed by atoms with Gasteiger partial charge in [0.2, 0.25) is 0 Å². The Hall–Kier alpha value is -1.73. The Morgan fingerprint density at radius 1 is 1.39 bits per heavy atom. The van der Waals surface area contributed by atoms with Crippen LogP contribution in [0.2, 0.25) is 0 Å². The van der Waals surface area contributed by atoms with Gasteiger partial charge in [0.15, 0.2) is 0 Å². The molecule has 2 atom stereocenters. The van der Waals surface area contributed by atoms with E-state index in [0.29, 0.717) is 23.9 Å². The van der Waals surface area contributed by atoms with E-state index in [9.17, 15) is 8.60 Å². The maximum absolute atomic E-state index is 12.9. The lowest BCUT2D eigenvalue weighted by molar-refractivity contribution is 0.173. The molecule has 3 rings (SSSR count). The number of benzene rings is 1. The molecular weight excluding hydrogens is 317 g/mol. The van der Waals surface area contributed by atoms with Crippen molar-refractivity contribution >= 4 is 10.8 Å². The zero-order chi connectivity index (χ0) is 16.2. The van der Waals surface area contributed by atoms with Crippen LogP contribution in [0, 0.1) is 5.82 Å². The monoisotopic (exact) mass is 337 g/mol. The van der Waals surface area contributed by atoms with Gasteiger partial charge in [0, 0.05) is 60.2 Å². The van der Waals surface area contributed by atoms with Crippen LogP contribution in [-0.2, 0) is 17.8 Å². The summed E-state index contributed by atoms with van der Waals surface area (Å²) < 4.78 is 32.2. The number of hydrogen-bond donors (Lipinski definition) is 0. The van der Waals surface area contributed by atoms with Crippen LogP contribution in [0.15, 0.2) is 36.7 Å². The van der Waals surface area contributed by atoms with E-state index in [0.717, 1.165) is 18.7 Å². The summed E-state index contributed by atoms with van der Waals surface area (Å²) in [5.74, 6) is 1.70. The second kappa shape index (κ2) is 7.23. The molecule has 0 amide bonds. The van der Waals surface area contributed by atoms with E-state index in [1.54, 1.807) is 16.8 Å². The SMILES string of the molecule is Cn1cc([C@@H]2C[S@@](=O)CCN2CCOc2ccc(F)cc2)cn1. The van der Waals surface area contributed by atoms with E-state index in [2.05, 4.69) is 10.00 Å². The highest BCUT2D eigenvalue weighted by atomic mass is 32.2. The van der Waals surface area contributed by atoms with E-state index in [4.69, 9.17) is 4.74 Å². The first-order valence-corrected chi connectivity index (χ1v) is 9.06. The zero-order valence-corrected chi connectivity index (χ0v) is 13.8. The summed E-state index contributed by atoms with van der Waals surface area (Å²) in [6, 6.07) is 6.13. The standard InChI is InChI=1S/C16H20FN3O2S/c1-19-11-13(10-18-19)16-12-23(21)9-7-20(16)6-8-22-15-4-2-14(17)3-5-15/h2-5,10-11,16H,6-9,12H2,1H3/t16-,23-/m0/s1. The van der Waals surface area contributed by atoms with Crippen LogP contribution < -0.4 is 4.74 Å². The van der Waals surface area contributed by atoms with E-state index in [-0.39, 0.29) is 11.9 Å². The maximum Gasteiger partial charge on any atom is 0.123 e. The molecule has 124 valence electrons. The summed E-state index contributed by atoms with van der Waals surface area (Å²) in [7, 11) is 1.09. The molecule has 0 aliphatic carbocycles. The minimum Gasteiger partial charge on any atom is -0.492 e. The summed E-state index contributed by atoms with van der Waals surface area (Å²) in [4.78, 5) is 2.28. The van der Waals surface area contributed by atoms with Gasteiger partial charge in [0.05, 0.1) is 6.20 Å². The minimum absolute atomic E-state index is 0.107. The minimum atomic E-state index is -0.788. The van der Waals surface area contributed by atoms with Crippen molar-refractivity contribution in [2.75, 3.05) is 31.2 Å². The zero-order valence-electron chi connectivity index (χ0n) is 13.0. The normalized spacial score (nSPS) is 22.2. The summed E-state index contributed by atoms with van der Waals surface area (Å²) in [6.45, 7) is 2.02. The molecule has 1 aromatic carbocycles. The Labute approximate surface area is 137 Å². The van der Waals surface area contributed by atoms with E-state index in [1.165, 1.54) is 12.1 Å². The molecule has 1 aliphatic rings. The third kappa shape index (κ3) is 4.17. The fourth-order valence-electron chi connectivity index (χ4n) is 2.74. The van der Waals surface area contributed by atoms with Crippen LogP contribution in [0.5, 0.6) is 5.75 Å². The highest BCUT2D eigenvalue weighted by Gasteiger charge is 2.28. The third-order valence-corrected chi connectivity index (χ3v) is 5.29. The van der Waals surface area contributed by atoms with Crippen molar-refractivity contribution in [1.82, 2.24) is 14.7 Å². The molecule has 0 unspecified atom stereocenters. The van der Waals surface area contributed by atoms with Crippen molar-refractivity contribution < 1.29 is 13.3 Å². The van der Waals surface area contributed by atoms with Crippen molar-refractivity contribution in [2.45, 2.75) is 6.04 Å². The molecule has 1 aliphatic heterocycles. The fourth-order valence-corrected chi connectivity index (χ4v) is 4.10. The first kappa shape index (κ1) is 16.1. The number of nitrogens with zero attached hydrogens (tertiary/aromatic N) is 3.